The quantitative estimate of drug-likeness (QED) is 0.804. The third kappa shape index (κ3) is 4.17. The van der Waals surface area contributed by atoms with Gasteiger partial charge in [-0.2, -0.15) is 0 Å². The van der Waals surface area contributed by atoms with E-state index in [1.807, 2.05) is 45.0 Å². The zero-order valence-electron chi connectivity index (χ0n) is 10.0. The smallest absolute Gasteiger partial charge is 0.319 e. The predicted molar refractivity (Wildman–Crippen MR) is 66.0 cm³/mol. The zero-order chi connectivity index (χ0) is 12.0. The Bertz CT molecular complexity index is 393. The predicted octanol–water partition coefficient (Wildman–Crippen LogP) is 2.72. The Morgan fingerprint density at radius 2 is 2.00 bits per heavy atom. The van der Waals surface area contributed by atoms with Crippen LogP contribution in [0.4, 0.5) is 4.79 Å². The number of allylic oxidation sites excluding steroid dienone is 1. The van der Waals surface area contributed by atoms with Crippen molar-refractivity contribution in [2.24, 2.45) is 0 Å². The molecule has 0 fully saturated rings. The Hall–Kier alpha value is -1.77. The molecular formula is C13H18N2O. The second kappa shape index (κ2) is 5.95. The summed E-state index contributed by atoms with van der Waals surface area (Å²) in [7, 11) is 0. The fraction of sp³-hybridized carbons (Fsp3) is 0.308. The van der Waals surface area contributed by atoms with Crippen molar-refractivity contribution in [1.29, 1.82) is 0 Å². The molecule has 3 heteroatoms. The molecule has 0 aliphatic rings. The average Bonchev–Trinajstić information content (AvgIpc) is 2.25. The summed E-state index contributed by atoms with van der Waals surface area (Å²) in [4.78, 5) is 11.4. The standard InChI is InChI=1S/C13H18N2O/c1-10(2)8-14-13(16)15-9-12-7-5-4-6-11(12)3/h4-8H,9H2,1-3H3,(H2,14,15,16). The van der Waals surface area contributed by atoms with E-state index in [9.17, 15) is 4.79 Å². The van der Waals surface area contributed by atoms with E-state index in [4.69, 9.17) is 0 Å². The van der Waals surface area contributed by atoms with E-state index in [1.54, 1.807) is 6.20 Å². The topological polar surface area (TPSA) is 41.1 Å². The summed E-state index contributed by atoms with van der Waals surface area (Å²) < 4.78 is 0. The van der Waals surface area contributed by atoms with Crippen LogP contribution in [0, 0.1) is 6.92 Å². The molecule has 3 nitrogen and oxygen atoms in total. The summed E-state index contributed by atoms with van der Waals surface area (Å²) in [5.74, 6) is 0. The Kier molecular flexibility index (Phi) is 4.58. The molecule has 0 bridgehead atoms. The molecule has 1 aromatic rings. The second-order valence-corrected chi connectivity index (χ2v) is 3.98. The van der Waals surface area contributed by atoms with Crippen molar-refractivity contribution in [2.75, 3.05) is 0 Å². The van der Waals surface area contributed by atoms with E-state index in [0.717, 1.165) is 11.1 Å². The zero-order valence-corrected chi connectivity index (χ0v) is 10.0. The fourth-order valence-electron chi connectivity index (χ4n) is 1.24. The molecule has 0 atom stereocenters. The van der Waals surface area contributed by atoms with Crippen molar-refractivity contribution >= 4 is 6.03 Å². The number of urea groups is 1. The molecule has 0 aliphatic heterocycles. The van der Waals surface area contributed by atoms with Gasteiger partial charge in [0.25, 0.3) is 0 Å². The van der Waals surface area contributed by atoms with E-state index >= 15 is 0 Å². The lowest BCUT2D eigenvalue weighted by Gasteiger charge is -2.07. The van der Waals surface area contributed by atoms with Gasteiger partial charge in [0.05, 0.1) is 0 Å². The Balaban J connectivity index is 2.43. The first-order chi connectivity index (χ1) is 7.59. The highest BCUT2D eigenvalue weighted by Gasteiger charge is 1.99. The lowest BCUT2D eigenvalue weighted by Crippen LogP contribution is -2.31. The second-order valence-electron chi connectivity index (χ2n) is 3.98. The van der Waals surface area contributed by atoms with Gasteiger partial charge in [-0.3, -0.25) is 0 Å². The Labute approximate surface area is 96.6 Å². The number of hydrogen-bond acceptors (Lipinski definition) is 1. The van der Waals surface area contributed by atoms with Crippen molar-refractivity contribution < 1.29 is 4.79 Å². The summed E-state index contributed by atoms with van der Waals surface area (Å²) in [6, 6.07) is 7.83. The molecule has 0 spiro atoms. The third-order valence-electron chi connectivity index (χ3n) is 2.19. The molecule has 16 heavy (non-hydrogen) atoms. The molecule has 1 rings (SSSR count). The number of hydrogen-bond donors (Lipinski definition) is 2. The summed E-state index contributed by atoms with van der Waals surface area (Å²) in [5.41, 5.74) is 3.38. The molecule has 0 saturated carbocycles. The summed E-state index contributed by atoms with van der Waals surface area (Å²) in [6.07, 6.45) is 1.69. The summed E-state index contributed by atoms with van der Waals surface area (Å²) in [6.45, 7) is 6.45. The molecule has 0 heterocycles. The Morgan fingerprint density at radius 3 is 2.62 bits per heavy atom. The molecule has 0 unspecified atom stereocenters. The Morgan fingerprint density at radius 1 is 1.31 bits per heavy atom. The van der Waals surface area contributed by atoms with Crippen LogP contribution in [-0.4, -0.2) is 6.03 Å². The van der Waals surface area contributed by atoms with Crippen LogP contribution in [0.1, 0.15) is 25.0 Å². The SMILES string of the molecule is CC(C)=CNC(=O)NCc1ccccc1C. The monoisotopic (exact) mass is 218 g/mol. The number of nitrogens with one attached hydrogen (secondary N) is 2. The van der Waals surface area contributed by atoms with E-state index < -0.39 is 0 Å². The lowest BCUT2D eigenvalue weighted by molar-refractivity contribution is 0.243. The minimum Gasteiger partial charge on any atom is -0.334 e. The number of carbonyl (C=O) groups is 1. The van der Waals surface area contributed by atoms with Crippen LogP contribution in [0.3, 0.4) is 0 Å². The molecular weight excluding hydrogens is 200 g/mol. The van der Waals surface area contributed by atoms with Crippen LogP contribution >= 0.6 is 0 Å². The fourth-order valence-corrected chi connectivity index (χ4v) is 1.24. The third-order valence-corrected chi connectivity index (χ3v) is 2.19. The van der Waals surface area contributed by atoms with Crippen LogP contribution in [0.5, 0.6) is 0 Å². The molecule has 0 radical (unpaired) electrons. The van der Waals surface area contributed by atoms with Gasteiger partial charge in [0.15, 0.2) is 0 Å². The largest absolute Gasteiger partial charge is 0.334 e. The molecule has 0 aliphatic carbocycles. The van der Waals surface area contributed by atoms with Crippen molar-refractivity contribution in [3.8, 4) is 0 Å². The van der Waals surface area contributed by atoms with E-state index in [1.165, 1.54) is 5.56 Å². The number of aryl methyl sites for hydroxylation is 1. The number of carbonyl (C=O) groups excluding carboxylic acids is 1. The first-order valence-corrected chi connectivity index (χ1v) is 5.32. The molecule has 2 N–H and O–H groups in total. The van der Waals surface area contributed by atoms with Gasteiger partial charge >= 0.3 is 6.03 Å². The maximum atomic E-state index is 11.4. The van der Waals surface area contributed by atoms with E-state index in [2.05, 4.69) is 10.6 Å². The van der Waals surface area contributed by atoms with E-state index in [0.29, 0.717) is 6.54 Å². The van der Waals surface area contributed by atoms with Crippen molar-refractivity contribution in [2.45, 2.75) is 27.3 Å². The highest BCUT2D eigenvalue weighted by Crippen LogP contribution is 2.05. The number of rotatable bonds is 3. The van der Waals surface area contributed by atoms with Crippen molar-refractivity contribution in [1.82, 2.24) is 10.6 Å². The number of amides is 2. The van der Waals surface area contributed by atoms with Gasteiger partial charge in [-0.1, -0.05) is 29.8 Å². The lowest BCUT2D eigenvalue weighted by atomic mass is 10.1. The van der Waals surface area contributed by atoms with Crippen LogP contribution < -0.4 is 10.6 Å². The summed E-state index contributed by atoms with van der Waals surface area (Å²) >= 11 is 0. The molecule has 0 aromatic heterocycles. The van der Waals surface area contributed by atoms with Crippen LogP contribution in [-0.2, 0) is 6.54 Å². The van der Waals surface area contributed by atoms with Gasteiger partial charge in [0, 0.05) is 12.7 Å². The van der Waals surface area contributed by atoms with Crippen LogP contribution in [0.2, 0.25) is 0 Å². The maximum absolute atomic E-state index is 11.4. The van der Waals surface area contributed by atoms with Crippen molar-refractivity contribution in [3.05, 3.63) is 47.2 Å². The first-order valence-electron chi connectivity index (χ1n) is 5.32. The van der Waals surface area contributed by atoms with Crippen LogP contribution in [0.15, 0.2) is 36.0 Å². The molecule has 2 amide bonds. The van der Waals surface area contributed by atoms with Crippen molar-refractivity contribution in [3.63, 3.8) is 0 Å². The van der Waals surface area contributed by atoms with Crippen LogP contribution in [0.25, 0.3) is 0 Å². The molecule has 1 aromatic carbocycles. The van der Waals surface area contributed by atoms with Gasteiger partial charge in [-0.25, -0.2) is 4.79 Å². The van der Waals surface area contributed by atoms with Gasteiger partial charge in [-0.15, -0.1) is 0 Å². The minimum absolute atomic E-state index is 0.176. The maximum Gasteiger partial charge on any atom is 0.319 e. The normalized spacial score (nSPS) is 9.44. The average molecular weight is 218 g/mol. The van der Waals surface area contributed by atoms with Gasteiger partial charge in [-0.05, 0) is 31.9 Å². The van der Waals surface area contributed by atoms with Gasteiger partial charge < -0.3 is 10.6 Å². The highest BCUT2D eigenvalue weighted by atomic mass is 16.2. The first kappa shape index (κ1) is 12.3. The summed E-state index contributed by atoms with van der Waals surface area (Å²) in [5, 5.41) is 5.46. The molecule has 0 saturated heterocycles. The molecule has 86 valence electrons. The minimum atomic E-state index is -0.176. The highest BCUT2D eigenvalue weighted by molar-refractivity contribution is 5.74. The van der Waals surface area contributed by atoms with Gasteiger partial charge in [0.1, 0.15) is 0 Å². The van der Waals surface area contributed by atoms with E-state index in [-0.39, 0.29) is 6.03 Å². The number of benzene rings is 1. The van der Waals surface area contributed by atoms with Gasteiger partial charge in [0.2, 0.25) is 0 Å².